The third kappa shape index (κ3) is 3.08. The van der Waals surface area contributed by atoms with Gasteiger partial charge in [-0.1, -0.05) is 12.1 Å². The molecule has 0 spiro atoms. The standard InChI is InChI=1S/C17H14F3NO/c1-11-2-3-12-9-14(21-16(12)8-11)10-22-15-6-4-13(5-7-15)17(18,19)20/h2-9,21H,10H2,1H3. The number of nitrogens with one attached hydrogen (secondary N) is 1. The van der Waals surface area contributed by atoms with Gasteiger partial charge in [0.1, 0.15) is 12.4 Å². The third-order valence-electron chi connectivity index (χ3n) is 3.41. The van der Waals surface area contributed by atoms with E-state index in [2.05, 4.69) is 4.98 Å². The zero-order chi connectivity index (χ0) is 15.7. The first-order valence-corrected chi connectivity index (χ1v) is 6.80. The van der Waals surface area contributed by atoms with E-state index in [9.17, 15) is 13.2 Å². The maximum atomic E-state index is 12.5. The van der Waals surface area contributed by atoms with Crippen LogP contribution >= 0.6 is 0 Å². The second-order valence-corrected chi connectivity index (χ2v) is 5.20. The Hall–Kier alpha value is -2.43. The minimum absolute atomic E-state index is 0.277. The zero-order valence-electron chi connectivity index (χ0n) is 11.9. The van der Waals surface area contributed by atoms with Gasteiger partial charge in [0.05, 0.1) is 11.3 Å². The summed E-state index contributed by atoms with van der Waals surface area (Å²) < 4.78 is 42.9. The lowest BCUT2D eigenvalue weighted by Crippen LogP contribution is -2.04. The van der Waals surface area contributed by atoms with Crippen molar-refractivity contribution in [3.05, 3.63) is 65.4 Å². The van der Waals surface area contributed by atoms with Crippen LogP contribution in [0.25, 0.3) is 10.9 Å². The fourth-order valence-electron chi connectivity index (χ4n) is 2.28. The van der Waals surface area contributed by atoms with Gasteiger partial charge in [0, 0.05) is 5.52 Å². The fourth-order valence-corrected chi connectivity index (χ4v) is 2.28. The summed E-state index contributed by atoms with van der Waals surface area (Å²) in [6, 6.07) is 12.7. The Morgan fingerprint density at radius 2 is 1.73 bits per heavy atom. The summed E-state index contributed by atoms with van der Waals surface area (Å²) in [6.45, 7) is 2.29. The second-order valence-electron chi connectivity index (χ2n) is 5.20. The van der Waals surface area contributed by atoms with Crippen LogP contribution in [-0.4, -0.2) is 4.98 Å². The Morgan fingerprint density at radius 1 is 1.00 bits per heavy atom. The highest BCUT2D eigenvalue weighted by molar-refractivity contribution is 5.80. The molecule has 0 atom stereocenters. The van der Waals surface area contributed by atoms with Gasteiger partial charge >= 0.3 is 6.18 Å². The van der Waals surface area contributed by atoms with E-state index in [1.54, 1.807) is 0 Å². The number of aromatic amines is 1. The van der Waals surface area contributed by atoms with Gasteiger partial charge in [-0.15, -0.1) is 0 Å². The number of rotatable bonds is 3. The highest BCUT2D eigenvalue weighted by Crippen LogP contribution is 2.30. The number of hydrogen-bond donors (Lipinski definition) is 1. The molecule has 114 valence electrons. The lowest BCUT2D eigenvalue weighted by Gasteiger charge is -2.08. The fraction of sp³-hybridized carbons (Fsp3) is 0.176. The first-order chi connectivity index (χ1) is 10.4. The van der Waals surface area contributed by atoms with Crippen LogP contribution in [0.15, 0.2) is 48.5 Å². The number of fused-ring (bicyclic) bond motifs is 1. The first kappa shape index (κ1) is 14.5. The normalized spacial score (nSPS) is 11.8. The lowest BCUT2D eigenvalue weighted by atomic mass is 10.2. The molecule has 22 heavy (non-hydrogen) atoms. The molecule has 2 nitrogen and oxygen atoms in total. The largest absolute Gasteiger partial charge is 0.487 e. The van der Waals surface area contributed by atoms with Crippen LogP contribution in [-0.2, 0) is 12.8 Å². The van der Waals surface area contributed by atoms with Gasteiger partial charge in [0.2, 0.25) is 0 Å². The van der Waals surface area contributed by atoms with Crippen LogP contribution in [0.1, 0.15) is 16.8 Å². The summed E-state index contributed by atoms with van der Waals surface area (Å²) in [7, 11) is 0. The molecule has 0 radical (unpaired) electrons. The molecule has 2 aromatic carbocycles. The lowest BCUT2D eigenvalue weighted by molar-refractivity contribution is -0.137. The smallest absolute Gasteiger partial charge is 0.416 e. The molecule has 0 bridgehead atoms. The molecule has 5 heteroatoms. The molecular weight excluding hydrogens is 291 g/mol. The average Bonchev–Trinajstić information content (AvgIpc) is 2.86. The molecule has 0 saturated carbocycles. The second kappa shape index (κ2) is 5.40. The average molecular weight is 305 g/mol. The van der Waals surface area contributed by atoms with Gasteiger partial charge < -0.3 is 9.72 Å². The molecule has 1 N–H and O–H groups in total. The van der Waals surface area contributed by atoms with E-state index >= 15 is 0 Å². The summed E-state index contributed by atoms with van der Waals surface area (Å²) in [6.07, 6.45) is -4.33. The molecule has 0 aliphatic heterocycles. The highest BCUT2D eigenvalue weighted by atomic mass is 19.4. The van der Waals surface area contributed by atoms with Crippen molar-refractivity contribution in [2.45, 2.75) is 19.7 Å². The minimum Gasteiger partial charge on any atom is -0.487 e. The molecule has 1 aromatic heterocycles. The predicted molar refractivity (Wildman–Crippen MR) is 78.8 cm³/mol. The first-order valence-electron chi connectivity index (χ1n) is 6.80. The van der Waals surface area contributed by atoms with Gasteiger partial charge in [-0.05, 0) is 54.3 Å². The number of hydrogen-bond acceptors (Lipinski definition) is 1. The summed E-state index contributed by atoms with van der Waals surface area (Å²) >= 11 is 0. The van der Waals surface area contributed by atoms with Crippen LogP contribution in [0.2, 0.25) is 0 Å². The Labute approximate surface area is 125 Å². The van der Waals surface area contributed by atoms with Crippen LogP contribution < -0.4 is 4.74 Å². The SMILES string of the molecule is Cc1ccc2cc(COc3ccc(C(F)(F)F)cc3)[nH]c2c1. The van der Waals surface area contributed by atoms with Crippen molar-refractivity contribution in [1.82, 2.24) is 4.98 Å². The third-order valence-corrected chi connectivity index (χ3v) is 3.41. The van der Waals surface area contributed by atoms with E-state index in [0.717, 1.165) is 34.3 Å². The number of halogens is 3. The molecular formula is C17H14F3NO. The summed E-state index contributed by atoms with van der Waals surface area (Å²) in [4.78, 5) is 3.24. The summed E-state index contributed by atoms with van der Waals surface area (Å²) in [5, 5.41) is 1.08. The zero-order valence-corrected chi connectivity index (χ0v) is 11.9. The van der Waals surface area contributed by atoms with Crippen LogP contribution in [0.4, 0.5) is 13.2 Å². The monoisotopic (exact) mass is 305 g/mol. The molecule has 0 saturated heterocycles. The van der Waals surface area contributed by atoms with Crippen LogP contribution in [0, 0.1) is 6.92 Å². The Bertz CT molecular complexity index is 788. The maximum absolute atomic E-state index is 12.5. The molecule has 0 aliphatic rings. The van der Waals surface area contributed by atoms with Crippen molar-refractivity contribution in [2.24, 2.45) is 0 Å². The number of aryl methyl sites for hydroxylation is 1. The van der Waals surface area contributed by atoms with Gasteiger partial charge in [-0.25, -0.2) is 0 Å². The van der Waals surface area contributed by atoms with E-state index in [1.807, 2.05) is 31.2 Å². The van der Waals surface area contributed by atoms with Gasteiger partial charge in [0.25, 0.3) is 0 Å². The topological polar surface area (TPSA) is 25.0 Å². The van der Waals surface area contributed by atoms with E-state index in [-0.39, 0.29) is 6.61 Å². The van der Waals surface area contributed by atoms with Crippen LogP contribution in [0.3, 0.4) is 0 Å². The molecule has 0 unspecified atom stereocenters. The molecule has 0 fully saturated rings. The van der Waals surface area contributed by atoms with Crippen molar-refractivity contribution < 1.29 is 17.9 Å². The molecule has 3 aromatic rings. The van der Waals surface area contributed by atoms with Crippen molar-refractivity contribution >= 4 is 10.9 Å². The van der Waals surface area contributed by atoms with Crippen molar-refractivity contribution in [3.63, 3.8) is 0 Å². The van der Waals surface area contributed by atoms with Crippen molar-refractivity contribution in [1.29, 1.82) is 0 Å². The van der Waals surface area contributed by atoms with Crippen molar-refractivity contribution in [3.8, 4) is 5.75 Å². The van der Waals surface area contributed by atoms with E-state index in [1.165, 1.54) is 12.1 Å². The number of aromatic nitrogens is 1. The Kier molecular flexibility index (Phi) is 3.56. The quantitative estimate of drug-likeness (QED) is 0.717. The van der Waals surface area contributed by atoms with Crippen molar-refractivity contribution in [2.75, 3.05) is 0 Å². The van der Waals surface area contributed by atoms with Crippen LogP contribution in [0.5, 0.6) is 5.75 Å². The number of benzene rings is 2. The summed E-state index contributed by atoms with van der Waals surface area (Å²) in [5.74, 6) is 0.405. The number of alkyl halides is 3. The van der Waals surface area contributed by atoms with E-state index < -0.39 is 11.7 Å². The molecule has 0 amide bonds. The Balaban J connectivity index is 1.71. The predicted octanol–water partition coefficient (Wildman–Crippen LogP) is 5.07. The number of H-pyrrole nitrogens is 1. The summed E-state index contributed by atoms with van der Waals surface area (Å²) in [5.41, 5.74) is 2.37. The highest BCUT2D eigenvalue weighted by Gasteiger charge is 2.29. The van der Waals surface area contributed by atoms with E-state index in [0.29, 0.717) is 5.75 Å². The minimum atomic E-state index is -4.33. The Morgan fingerprint density at radius 3 is 2.41 bits per heavy atom. The maximum Gasteiger partial charge on any atom is 0.416 e. The molecule has 0 aliphatic carbocycles. The van der Waals surface area contributed by atoms with Gasteiger partial charge in [-0.2, -0.15) is 13.2 Å². The van der Waals surface area contributed by atoms with E-state index in [4.69, 9.17) is 4.74 Å². The molecule has 3 rings (SSSR count). The van der Waals surface area contributed by atoms with Gasteiger partial charge in [0.15, 0.2) is 0 Å². The van der Waals surface area contributed by atoms with Gasteiger partial charge in [-0.3, -0.25) is 0 Å². The number of ether oxygens (including phenoxy) is 1. The molecule has 1 heterocycles.